The Morgan fingerprint density at radius 2 is 2.31 bits per heavy atom. The molecule has 70 valence electrons. The third-order valence-corrected chi connectivity index (χ3v) is 2.09. The van der Waals surface area contributed by atoms with Crippen molar-refractivity contribution in [3.8, 4) is 5.75 Å². The fourth-order valence-electron chi connectivity index (χ4n) is 0.862. The molecule has 0 amide bonds. The summed E-state index contributed by atoms with van der Waals surface area (Å²) in [7, 11) is 1.44. The monoisotopic (exact) mass is 247 g/mol. The summed E-state index contributed by atoms with van der Waals surface area (Å²) in [6.07, 6.45) is 1.01. The largest absolute Gasteiger partial charge is 0.495 e. The highest BCUT2D eigenvalue weighted by atomic mass is 79.9. The van der Waals surface area contributed by atoms with Crippen LogP contribution in [0.3, 0.4) is 0 Å². The molecule has 0 fully saturated rings. The molecule has 0 saturated heterocycles. The Labute approximate surface area is 83.0 Å². The second kappa shape index (κ2) is 4.23. The lowest BCUT2D eigenvalue weighted by Crippen LogP contribution is -1.92. The number of nitrogens with zero attached hydrogens (tertiary/aromatic N) is 1. The molecule has 1 N–H and O–H groups in total. The minimum absolute atomic E-state index is 0.190. The number of benzene rings is 1. The van der Waals surface area contributed by atoms with Crippen LogP contribution in [0.15, 0.2) is 21.8 Å². The maximum absolute atomic E-state index is 13.1. The van der Waals surface area contributed by atoms with Gasteiger partial charge in [0.25, 0.3) is 0 Å². The first kappa shape index (κ1) is 9.98. The molecule has 0 saturated carbocycles. The Hall–Kier alpha value is -1.10. The van der Waals surface area contributed by atoms with Crippen LogP contribution in [-0.2, 0) is 0 Å². The van der Waals surface area contributed by atoms with Gasteiger partial charge in [-0.3, -0.25) is 0 Å². The van der Waals surface area contributed by atoms with Crippen LogP contribution in [0.5, 0.6) is 5.75 Å². The van der Waals surface area contributed by atoms with Gasteiger partial charge in [-0.1, -0.05) is 5.16 Å². The molecule has 0 aromatic heterocycles. The Morgan fingerprint density at radius 3 is 2.85 bits per heavy atom. The molecule has 0 heterocycles. The van der Waals surface area contributed by atoms with Gasteiger partial charge in [-0.05, 0) is 22.0 Å². The van der Waals surface area contributed by atoms with E-state index in [9.17, 15) is 4.39 Å². The number of ether oxygens (including phenoxy) is 1. The standard InChI is InChI=1S/C8H7BrFNO2/c1-13-8-3-7(10)5(4-11-12)2-6(8)9/h2-4,12H,1H3/b11-4+. The van der Waals surface area contributed by atoms with Crippen LogP contribution < -0.4 is 4.74 Å². The van der Waals surface area contributed by atoms with Gasteiger partial charge in [0.15, 0.2) is 0 Å². The quantitative estimate of drug-likeness (QED) is 0.496. The van der Waals surface area contributed by atoms with E-state index in [2.05, 4.69) is 21.1 Å². The van der Waals surface area contributed by atoms with Crippen LogP contribution in [-0.4, -0.2) is 18.5 Å². The van der Waals surface area contributed by atoms with Crippen LogP contribution in [0, 0.1) is 5.82 Å². The molecule has 0 spiro atoms. The van der Waals surface area contributed by atoms with E-state index in [1.807, 2.05) is 0 Å². The number of halogens is 2. The molecular weight excluding hydrogens is 241 g/mol. The first-order valence-corrected chi connectivity index (χ1v) is 4.18. The fourth-order valence-corrected chi connectivity index (χ4v) is 1.38. The highest BCUT2D eigenvalue weighted by Crippen LogP contribution is 2.27. The van der Waals surface area contributed by atoms with Crippen LogP contribution in [0.4, 0.5) is 4.39 Å². The van der Waals surface area contributed by atoms with Gasteiger partial charge in [0.1, 0.15) is 11.6 Å². The van der Waals surface area contributed by atoms with E-state index in [-0.39, 0.29) is 5.56 Å². The predicted molar refractivity (Wildman–Crippen MR) is 50.0 cm³/mol. The van der Waals surface area contributed by atoms with Crippen molar-refractivity contribution in [1.29, 1.82) is 0 Å². The van der Waals surface area contributed by atoms with Gasteiger partial charge >= 0.3 is 0 Å². The van der Waals surface area contributed by atoms with E-state index in [4.69, 9.17) is 9.94 Å². The van der Waals surface area contributed by atoms with Crippen molar-refractivity contribution in [3.05, 3.63) is 28.0 Å². The van der Waals surface area contributed by atoms with Crippen LogP contribution in [0.25, 0.3) is 0 Å². The van der Waals surface area contributed by atoms with E-state index in [1.54, 1.807) is 0 Å². The van der Waals surface area contributed by atoms with Crippen molar-refractivity contribution in [2.75, 3.05) is 7.11 Å². The normalized spacial score (nSPS) is 10.7. The van der Waals surface area contributed by atoms with Gasteiger partial charge in [0.05, 0.1) is 17.8 Å². The number of hydrogen-bond donors (Lipinski definition) is 1. The minimum Gasteiger partial charge on any atom is -0.495 e. The maximum Gasteiger partial charge on any atom is 0.136 e. The molecule has 3 nitrogen and oxygen atoms in total. The zero-order valence-corrected chi connectivity index (χ0v) is 8.38. The zero-order chi connectivity index (χ0) is 9.84. The average molecular weight is 248 g/mol. The first-order valence-electron chi connectivity index (χ1n) is 3.39. The lowest BCUT2D eigenvalue weighted by Gasteiger charge is -2.04. The Kier molecular flexibility index (Phi) is 3.25. The second-order valence-corrected chi connectivity index (χ2v) is 3.11. The predicted octanol–water partition coefficient (Wildman–Crippen LogP) is 2.40. The lowest BCUT2D eigenvalue weighted by atomic mass is 10.2. The summed E-state index contributed by atoms with van der Waals surface area (Å²) < 4.78 is 18.6. The third-order valence-electron chi connectivity index (χ3n) is 1.47. The first-order chi connectivity index (χ1) is 6.19. The summed E-state index contributed by atoms with van der Waals surface area (Å²) in [6.45, 7) is 0. The van der Waals surface area contributed by atoms with Crippen molar-refractivity contribution < 1.29 is 14.3 Å². The van der Waals surface area contributed by atoms with Crippen molar-refractivity contribution in [1.82, 2.24) is 0 Å². The highest BCUT2D eigenvalue weighted by Gasteiger charge is 2.06. The fraction of sp³-hybridized carbons (Fsp3) is 0.125. The van der Waals surface area contributed by atoms with Crippen molar-refractivity contribution in [3.63, 3.8) is 0 Å². The topological polar surface area (TPSA) is 41.8 Å². The molecule has 0 atom stereocenters. The van der Waals surface area contributed by atoms with Gasteiger partial charge < -0.3 is 9.94 Å². The molecule has 13 heavy (non-hydrogen) atoms. The SMILES string of the molecule is COc1cc(F)c(/C=N/O)cc1Br. The number of hydrogen-bond acceptors (Lipinski definition) is 3. The molecule has 1 rings (SSSR count). The summed E-state index contributed by atoms with van der Waals surface area (Å²) in [6, 6.07) is 2.68. The molecule has 5 heteroatoms. The van der Waals surface area contributed by atoms with Crippen LogP contribution >= 0.6 is 15.9 Å². The smallest absolute Gasteiger partial charge is 0.136 e. The van der Waals surface area contributed by atoms with E-state index < -0.39 is 5.82 Å². The molecule has 0 aliphatic carbocycles. The van der Waals surface area contributed by atoms with Crippen molar-refractivity contribution in [2.45, 2.75) is 0 Å². The zero-order valence-electron chi connectivity index (χ0n) is 6.79. The molecule has 0 unspecified atom stereocenters. The van der Waals surface area contributed by atoms with Gasteiger partial charge in [0, 0.05) is 11.6 Å². The Morgan fingerprint density at radius 1 is 1.62 bits per heavy atom. The molecule has 1 aromatic carbocycles. The molecule has 0 aliphatic heterocycles. The van der Waals surface area contributed by atoms with E-state index in [0.717, 1.165) is 6.21 Å². The highest BCUT2D eigenvalue weighted by molar-refractivity contribution is 9.10. The summed E-state index contributed by atoms with van der Waals surface area (Å²) in [4.78, 5) is 0. The molecular formula is C8H7BrFNO2. The molecule has 1 aromatic rings. The van der Waals surface area contributed by atoms with Gasteiger partial charge in [0.2, 0.25) is 0 Å². The Balaban J connectivity index is 3.20. The number of oxime groups is 1. The summed E-state index contributed by atoms with van der Waals surface area (Å²) in [5.41, 5.74) is 0.190. The van der Waals surface area contributed by atoms with Crippen LogP contribution in [0.2, 0.25) is 0 Å². The maximum atomic E-state index is 13.1. The Bertz CT molecular complexity index is 341. The number of rotatable bonds is 2. The molecule has 0 bridgehead atoms. The van der Waals surface area contributed by atoms with Crippen LogP contribution in [0.1, 0.15) is 5.56 Å². The van der Waals surface area contributed by atoms with E-state index >= 15 is 0 Å². The van der Waals surface area contributed by atoms with E-state index in [0.29, 0.717) is 10.2 Å². The molecule has 0 aliphatic rings. The third kappa shape index (κ3) is 2.18. The summed E-state index contributed by atoms with van der Waals surface area (Å²) >= 11 is 3.18. The van der Waals surface area contributed by atoms with Gasteiger partial charge in [-0.2, -0.15) is 0 Å². The summed E-state index contributed by atoms with van der Waals surface area (Å²) in [5, 5.41) is 11.0. The van der Waals surface area contributed by atoms with E-state index in [1.165, 1.54) is 19.2 Å². The van der Waals surface area contributed by atoms with Crippen molar-refractivity contribution >= 4 is 22.1 Å². The lowest BCUT2D eigenvalue weighted by molar-refractivity contribution is 0.321. The number of methoxy groups -OCH3 is 1. The molecule has 0 radical (unpaired) electrons. The second-order valence-electron chi connectivity index (χ2n) is 2.25. The van der Waals surface area contributed by atoms with Gasteiger partial charge in [-0.15, -0.1) is 0 Å². The average Bonchev–Trinajstić information content (AvgIpc) is 2.11. The summed E-state index contributed by atoms with van der Waals surface area (Å²) in [5.74, 6) is -0.106. The minimum atomic E-state index is -0.502. The van der Waals surface area contributed by atoms with Crippen molar-refractivity contribution in [2.24, 2.45) is 5.16 Å². The van der Waals surface area contributed by atoms with Gasteiger partial charge in [-0.25, -0.2) is 4.39 Å².